The normalized spacial score (nSPS) is 13.3. The Hall–Kier alpha value is -1.52. The summed E-state index contributed by atoms with van der Waals surface area (Å²) in [4.78, 5) is 11.8. The second-order valence-electron chi connectivity index (χ2n) is 3.89. The van der Waals surface area contributed by atoms with Crippen LogP contribution in [0.5, 0.6) is 5.75 Å². The molecule has 0 atom stereocenters. The van der Waals surface area contributed by atoms with E-state index in [9.17, 15) is 4.79 Å². The van der Waals surface area contributed by atoms with E-state index >= 15 is 0 Å². The van der Waals surface area contributed by atoms with Crippen LogP contribution in [0, 0.1) is 0 Å². The monoisotopic (exact) mass is 267 g/mol. The smallest absolute Gasteiger partial charge is 0.250 e. The Morgan fingerprint density at radius 3 is 3.17 bits per heavy atom. The van der Waals surface area contributed by atoms with Gasteiger partial charge in [0.2, 0.25) is 0 Å². The molecule has 0 aromatic heterocycles. The minimum Gasteiger partial charge on any atom is -0.488 e. The molecule has 1 amide bonds. The Kier molecular flexibility index (Phi) is 4.23. The minimum atomic E-state index is -0.141. The number of rotatable bonds is 4. The number of benzene rings is 1. The van der Waals surface area contributed by atoms with Crippen LogP contribution in [0.3, 0.4) is 0 Å². The third-order valence-corrected chi connectivity index (χ3v) is 2.80. The number of amides is 1. The molecule has 1 aromatic rings. The van der Waals surface area contributed by atoms with Gasteiger partial charge in [-0.15, -0.1) is 0 Å². The summed E-state index contributed by atoms with van der Waals surface area (Å²) >= 11 is 5.90. The highest BCUT2D eigenvalue weighted by Crippen LogP contribution is 2.28. The van der Waals surface area contributed by atoms with Gasteiger partial charge in [-0.05, 0) is 24.3 Å². The van der Waals surface area contributed by atoms with Gasteiger partial charge in [0.15, 0.2) is 0 Å². The largest absolute Gasteiger partial charge is 0.488 e. The van der Waals surface area contributed by atoms with Crippen molar-refractivity contribution in [1.29, 1.82) is 0 Å². The summed E-state index contributed by atoms with van der Waals surface area (Å²) in [6, 6.07) is 5.34. The van der Waals surface area contributed by atoms with Crippen LogP contribution in [0.4, 0.5) is 0 Å². The highest BCUT2D eigenvalue weighted by molar-refractivity contribution is 6.30. The molecule has 0 saturated carbocycles. The molecule has 0 fully saturated rings. The topological polar surface area (TPSA) is 47.6 Å². The predicted octanol–water partition coefficient (Wildman–Crippen LogP) is 1.88. The van der Waals surface area contributed by atoms with Crippen LogP contribution in [0.25, 0.3) is 6.08 Å². The van der Waals surface area contributed by atoms with Crippen molar-refractivity contribution in [3.05, 3.63) is 34.4 Å². The summed E-state index contributed by atoms with van der Waals surface area (Å²) in [6.07, 6.45) is 1.80. The lowest BCUT2D eigenvalue weighted by Gasteiger charge is -2.17. The maximum atomic E-state index is 11.8. The molecule has 96 valence electrons. The molecule has 0 unspecified atom stereocenters. The molecule has 4 nitrogen and oxygen atoms in total. The lowest BCUT2D eigenvalue weighted by Crippen LogP contribution is -2.31. The van der Waals surface area contributed by atoms with Crippen molar-refractivity contribution < 1.29 is 14.3 Å². The molecule has 1 aliphatic rings. The molecule has 5 heteroatoms. The van der Waals surface area contributed by atoms with Crippen molar-refractivity contribution in [2.75, 3.05) is 26.9 Å². The van der Waals surface area contributed by atoms with E-state index in [1.807, 2.05) is 0 Å². The lowest BCUT2D eigenvalue weighted by atomic mass is 10.1. The number of halogens is 1. The van der Waals surface area contributed by atoms with Gasteiger partial charge in [-0.25, -0.2) is 0 Å². The van der Waals surface area contributed by atoms with E-state index in [0.717, 1.165) is 11.3 Å². The average molecular weight is 268 g/mol. The molecule has 2 rings (SSSR count). The van der Waals surface area contributed by atoms with E-state index in [1.54, 1.807) is 31.4 Å². The molecular formula is C13H14ClNO3. The standard InChI is InChI=1S/C13H14ClNO3/c1-17-5-4-15-13(16)10-6-9-7-11(14)2-3-12(9)18-8-10/h2-3,6-7H,4-5,8H2,1H3,(H,15,16). The van der Waals surface area contributed by atoms with Gasteiger partial charge in [0, 0.05) is 24.2 Å². The number of fused-ring (bicyclic) bond motifs is 1. The van der Waals surface area contributed by atoms with E-state index in [0.29, 0.717) is 23.7 Å². The van der Waals surface area contributed by atoms with Gasteiger partial charge in [-0.3, -0.25) is 4.79 Å². The number of hydrogen-bond acceptors (Lipinski definition) is 3. The Labute approximate surface area is 111 Å². The number of hydrogen-bond donors (Lipinski definition) is 1. The van der Waals surface area contributed by atoms with Gasteiger partial charge >= 0.3 is 0 Å². The quantitative estimate of drug-likeness (QED) is 0.848. The summed E-state index contributed by atoms with van der Waals surface area (Å²) < 4.78 is 10.4. The summed E-state index contributed by atoms with van der Waals surface area (Å²) in [5.41, 5.74) is 1.41. The molecule has 1 N–H and O–H groups in total. The van der Waals surface area contributed by atoms with Crippen LogP contribution in [0.15, 0.2) is 23.8 Å². The van der Waals surface area contributed by atoms with E-state index in [1.165, 1.54) is 0 Å². The molecule has 0 spiro atoms. The first-order valence-electron chi connectivity index (χ1n) is 5.61. The van der Waals surface area contributed by atoms with Gasteiger partial charge in [0.05, 0.1) is 12.2 Å². The predicted molar refractivity (Wildman–Crippen MR) is 69.8 cm³/mol. The lowest BCUT2D eigenvalue weighted by molar-refractivity contribution is -0.117. The number of carbonyl (C=O) groups excluding carboxylic acids is 1. The van der Waals surface area contributed by atoms with E-state index in [4.69, 9.17) is 21.1 Å². The number of methoxy groups -OCH3 is 1. The Balaban J connectivity index is 2.09. The van der Waals surface area contributed by atoms with Crippen LogP contribution >= 0.6 is 11.6 Å². The zero-order valence-electron chi connectivity index (χ0n) is 10.0. The van der Waals surface area contributed by atoms with E-state index in [-0.39, 0.29) is 12.5 Å². The second-order valence-corrected chi connectivity index (χ2v) is 4.33. The molecule has 1 aromatic carbocycles. The average Bonchev–Trinajstić information content (AvgIpc) is 2.38. The van der Waals surface area contributed by atoms with Crippen molar-refractivity contribution in [3.8, 4) is 5.75 Å². The Morgan fingerprint density at radius 1 is 1.56 bits per heavy atom. The van der Waals surface area contributed by atoms with E-state index in [2.05, 4.69) is 5.32 Å². The first kappa shape index (κ1) is 12.9. The summed E-state index contributed by atoms with van der Waals surface area (Å²) in [5, 5.41) is 3.37. The van der Waals surface area contributed by atoms with Crippen LogP contribution in [-0.4, -0.2) is 32.8 Å². The molecule has 0 bridgehead atoms. The molecule has 0 saturated heterocycles. The van der Waals surface area contributed by atoms with Gasteiger partial charge in [-0.2, -0.15) is 0 Å². The number of ether oxygens (including phenoxy) is 2. The Bertz CT molecular complexity index is 485. The maximum Gasteiger partial charge on any atom is 0.250 e. The van der Waals surface area contributed by atoms with Crippen LogP contribution in [-0.2, 0) is 9.53 Å². The third-order valence-electron chi connectivity index (χ3n) is 2.57. The summed E-state index contributed by atoms with van der Waals surface area (Å²) in [7, 11) is 1.59. The van der Waals surface area contributed by atoms with Gasteiger partial charge in [0.25, 0.3) is 5.91 Å². The Morgan fingerprint density at radius 2 is 2.39 bits per heavy atom. The number of carbonyl (C=O) groups is 1. The molecule has 18 heavy (non-hydrogen) atoms. The molecular weight excluding hydrogens is 254 g/mol. The van der Waals surface area contributed by atoms with Crippen molar-refractivity contribution >= 4 is 23.6 Å². The highest BCUT2D eigenvalue weighted by Gasteiger charge is 2.16. The molecule has 0 radical (unpaired) electrons. The fraction of sp³-hybridized carbons (Fsp3) is 0.308. The van der Waals surface area contributed by atoms with Gasteiger partial charge < -0.3 is 14.8 Å². The van der Waals surface area contributed by atoms with Crippen molar-refractivity contribution in [2.45, 2.75) is 0 Å². The SMILES string of the molecule is COCCNC(=O)C1=Cc2cc(Cl)ccc2OC1. The highest BCUT2D eigenvalue weighted by atomic mass is 35.5. The van der Waals surface area contributed by atoms with Crippen LogP contribution in [0.2, 0.25) is 5.02 Å². The van der Waals surface area contributed by atoms with Gasteiger partial charge in [0.1, 0.15) is 12.4 Å². The first-order chi connectivity index (χ1) is 8.70. The summed E-state index contributed by atoms with van der Waals surface area (Å²) in [5.74, 6) is 0.602. The number of nitrogens with one attached hydrogen (secondary N) is 1. The minimum absolute atomic E-state index is 0.141. The zero-order chi connectivity index (χ0) is 13.0. The molecule has 1 aliphatic heterocycles. The maximum absolute atomic E-state index is 11.8. The zero-order valence-corrected chi connectivity index (χ0v) is 10.8. The van der Waals surface area contributed by atoms with Crippen molar-refractivity contribution in [3.63, 3.8) is 0 Å². The van der Waals surface area contributed by atoms with Crippen molar-refractivity contribution in [1.82, 2.24) is 5.32 Å². The van der Waals surface area contributed by atoms with Gasteiger partial charge in [-0.1, -0.05) is 11.6 Å². The van der Waals surface area contributed by atoms with Crippen LogP contribution < -0.4 is 10.1 Å². The van der Waals surface area contributed by atoms with Crippen LogP contribution in [0.1, 0.15) is 5.56 Å². The molecule has 1 heterocycles. The first-order valence-corrected chi connectivity index (χ1v) is 5.98. The summed E-state index contributed by atoms with van der Waals surface area (Å²) in [6.45, 7) is 1.24. The van der Waals surface area contributed by atoms with Crippen molar-refractivity contribution in [2.24, 2.45) is 0 Å². The molecule has 0 aliphatic carbocycles. The third kappa shape index (κ3) is 3.03. The second kappa shape index (κ2) is 5.89. The fourth-order valence-electron chi connectivity index (χ4n) is 1.66. The van der Waals surface area contributed by atoms with E-state index < -0.39 is 0 Å². The fourth-order valence-corrected chi connectivity index (χ4v) is 1.84.